The SMILES string of the molecule is Cn1c(Sc2ncccc2CNC2CC2)n[nH]c1=O. The Morgan fingerprint density at radius 1 is 1.58 bits per heavy atom. The molecule has 100 valence electrons. The first kappa shape index (κ1) is 12.4. The minimum absolute atomic E-state index is 0.212. The van der Waals surface area contributed by atoms with E-state index >= 15 is 0 Å². The van der Waals surface area contributed by atoms with Crippen molar-refractivity contribution in [1.82, 2.24) is 25.1 Å². The summed E-state index contributed by atoms with van der Waals surface area (Å²) in [7, 11) is 1.69. The van der Waals surface area contributed by atoms with E-state index in [9.17, 15) is 4.79 Å². The van der Waals surface area contributed by atoms with E-state index in [1.807, 2.05) is 6.07 Å². The molecule has 1 fully saturated rings. The third-order valence-electron chi connectivity index (χ3n) is 3.04. The first-order valence-corrected chi connectivity index (χ1v) is 7.02. The number of aromatic amines is 1. The molecule has 0 saturated heterocycles. The van der Waals surface area contributed by atoms with Crippen molar-refractivity contribution in [2.45, 2.75) is 35.6 Å². The highest BCUT2D eigenvalue weighted by Gasteiger charge is 2.21. The summed E-state index contributed by atoms with van der Waals surface area (Å²) in [4.78, 5) is 15.7. The van der Waals surface area contributed by atoms with Gasteiger partial charge >= 0.3 is 5.69 Å². The number of nitrogens with one attached hydrogen (secondary N) is 2. The van der Waals surface area contributed by atoms with Crippen LogP contribution >= 0.6 is 11.8 Å². The fourth-order valence-electron chi connectivity index (χ4n) is 1.70. The summed E-state index contributed by atoms with van der Waals surface area (Å²) in [6.07, 6.45) is 4.28. The van der Waals surface area contributed by atoms with Crippen molar-refractivity contribution in [2.75, 3.05) is 0 Å². The van der Waals surface area contributed by atoms with Gasteiger partial charge < -0.3 is 5.32 Å². The molecule has 0 radical (unpaired) electrons. The zero-order valence-electron chi connectivity index (χ0n) is 10.6. The molecule has 2 aromatic heterocycles. The Morgan fingerprint density at radius 3 is 3.11 bits per heavy atom. The minimum Gasteiger partial charge on any atom is -0.310 e. The van der Waals surface area contributed by atoms with Gasteiger partial charge in [-0.2, -0.15) is 0 Å². The summed E-state index contributed by atoms with van der Waals surface area (Å²) < 4.78 is 1.48. The van der Waals surface area contributed by atoms with E-state index in [-0.39, 0.29) is 5.69 Å². The van der Waals surface area contributed by atoms with Gasteiger partial charge in [-0.05, 0) is 36.2 Å². The van der Waals surface area contributed by atoms with Crippen LogP contribution in [0, 0.1) is 0 Å². The third kappa shape index (κ3) is 2.87. The molecule has 3 rings (SSSR count). The highest BCUT2D eigenvalue weighted by molar-refractivity contribution is 7.99. The lowest BCUT2D eigenvalue weighted by molar-refractivity contribution is 0.674. The fourth-order valence-corrected chi connectivity index (χ4v) is 2.57. The molecule has 6 nitrogen and oxygen atoms in total. The summed E-state index contributed by atoms with van der Waals surface area (Å²) in [5, 5.41) is 11.4. The monoisotopic (exact) mass is 277 g/mol. The van der Waals surface area contributed by atoms with Gasteiger partial charge in [-0.25, -0.2) is 14.9 Å². The molecule has 0 aliphatic heterocycles. The maximum absolute atomic E-state index is 11.3. The largest absolute Gasteiger partial charge is 0.343 e. The molecule has 2 N–H and O–H groups in total. The third-order valence-corrected chi connectivity index (χ3v) is 4.14. The number of hydrogen-bond donors (Lipinski definition) is 2. The van der Waals surface area contributed by atoms with Crippen molar-refractivity contribution in [2.24, 2.45) is 7.05 Å². The number of hydrogen-bond acceptors (Lipinski definition) is 5. The van der Waals surface area contributed by atoms with Gasteiger partial charge in [-0.1, -0.05) is 6.07 Å². The normalized spacial score (nSPS) is 14.8. The Morgan fingerprint density at radius 2 is 2.42 bits per heavy atom. The number of nitrogens with zero attached hydrogens (tertiary/aromatic N) is 3. The van der Waals surface area contributed by atoms with Crippen LogP contribution in [-0.4, -0.2) is 25.8 Å². The van der Waals surface area contributed by atoms with Crippen LogP contribution in [-0.2, 0) is 13.6 Å². The summed E-state index contributed by atoms with van der Waals surface area (Å²) in [6.45, 7) is 0.805. The summed E-state index contributed by atoms with van der Waals surface area (Å²) in [5.41, 5.74) is 0.922. The lowest BCUT2D eigenvalue weighted by atomic mass is 10.3. The molecule has 0 amide bonds. The molecule has 1 aliphatic rings. The van der Waals surface area contributed by atoms with Crippen LogP contribution in [0.15, 0.2) is 33.3 Å². The molecule has 0 atom stereocenters. The highest BCUT2D eigenvalue weighted by Crippen LogP contribution is 2.26. The fraction of sp³-hybridized carbons (Fsp3) is 0.417. The summed E-state index contributed by atoms with van der Waals surface area (Å²) in [6, 6.07) is 4.64. The number of H-pyrrole nitrogens is 1. The Hall–Kier alpha value is -1.60. The average molecular weight is 277 g/mol. The quantitative estimate of drug-likeness (QED) is 0.849. The van der Waals surface area contributed by atoms with Crippen LogP contribution in [0.1, 0.15) is 18.4 Å². The van der Waals surface area contributed by atoms with E-state index in [4.69, 9.17) is 0 Å². The van der Waals surface area contributed by atoms with Gasteiger partial charge in [0.25, 0.3) is 0 Å². The molecular weight excluding hydrogens is 262 g/mol. The molecule has 0 bridgehead atoms. The van der Waals surface area contributed by atoms with Crippen molar-refractivity contribution in [3.8, 4) is 0 Å². The van der Waals surface area contributed by atoms with Gasteiger partial charge in [-0.3, -0.25) is 4.57 Å². The summed E-state index contributed by atoms with van der Waals surface area (Å²) in [5.74, 6) is 0. The second-order valence-corrected chi connectivity index (χ2v) is 5.55. The minimum atomic E-state index is -0.212. The molecule has 0 unspecified atom stereocenters. The maximum Gasteiger partial charge on any atom is 0.343 e. The number of aromatic nitrogens is 4. The molecule has 7 heteroatoms. The second kappa shape index (κ2) is 5.18. The van der Waals surface area contributed by atoms with Crippen LogP contribution in [0.5, 0.6) is 0 Å². The lowest BCUT2D eigenvalue weighted by Crippen LogP contribution is -2.16. The molecule has 19 heavy (non-hydrogen) atoms. The molecule has 2 heterocycles. The van der Waals surface area contributed by atoms with E-state index in [0.717, 1.165) is 17.1 Å². The molecular formula is C12H15N5OS. The first-order valence-electron chi connectivity index (χ1n) is 6.20. The molecule has 1 aliphatic carbocycles. The number of rotatable bonds is 5. The van der Waals surface area contributed by atoms with Crippen molar-refractivity contribution < 1.29 is 0 Å². The van der Waals surface area contributed by atoms with Gasteiger partial charge in [0.1, 0.15) is 5.03 Å². The van der Waals surface area contributed by atoms with Gasteiger partial charge in [0.2, 0.25) is 0 Å². The molecule has 0 aromatic carbocycles. The van der Waals surface area contributed by atoms with Gasteiger partial charge in [-0.15, -0.1) is 5.10 Å². The molecule has 2 aromatic rings. The standard InChI is InChI=1S/C12H15N5OS/c1-17-11(18)15-16-12(17)19-10-8(3-2-6-13-10)7-14-9-4-5-9/h2-3,6,9,14H,4-5,7H2,1H3,(H,15,18). The van der Waals surface area contributed by atoms with Crippen molar-refractivity contribution in [3.05, 3.63) is 34.4 Å². The van der Waals surface area contributed by atoms with Crippen LogP contribution in [0.25, 0.3) is 0 Å². The van der Waals surface area contributed by atoms with Crippen LogP contribution in [0.2, 0.25) is 0 Å². The Labute approximate surface area is 114 Å². The van der Waals surface area contributed by atoms with E-state index in [2.05, 4.69) is 26.6 Å². The number of pyridine rings is 1. The average Bonchev–Trinajstić information content (AvgIpc) is 3.20. The smallest absolute Gasteiger partial charge is 0.310 e. The Kier molecular flexibility index (Phi) is 3.39. The second-order valence-electron chi connectivity index (χ2n) is 4.60. The van der Waals surface area contributed by atoms with Crippen molar-refractivity contribution in [3.63, 3.8) is 0 Å². The van der Waals surface area contributed by atoms with E-state index in [1.165, 1.54) is 29.2 Å². The zero-order valence-corrected chi connectivity index (χ0v) is 11.4. The molecule has 0 spiro atoms. The van der Waals surface area contributed by atoms with E-state index < -0.39 is 0 Å². The zero-order chi connectivity index (χ0) is 13.2. The predicted molar refractivity (Wildman–Crippen MR) is 72.1 cm³/mol. The van der Waals surface area contributed by atoms with Gasteiger partial charge in [0.15, 0.2) is 5.16 Å². The maximum atomic E-state index is 11.3. The van der Waals surface area contributed by atoms with Gasteiger partial charge in [0.05, 0.1) is 0 Å². The predicted octanol–water partition coefficient (Wildman–Crippen LogP) is 0.907. The van der Waals surface area contributed by atoms with Gasteiger partial charge in [0, 0.05) is 25.8 Å². The van der Waals surface area contributed by atoms with E-state index in [1.54, 1.807) is 13.2 Å². The lowest BCUT2D eigenvalue weighted by Gasteiger charge is -2.07. The summed E-state index contributed by atoms with van der Waals surface area (Å²) >= 11 is 1.40. The van der Waals surface area contributed by atoms with Crippen LogP contribution in [0.3, 0.4) is 0 Å². The van der Waals surface area contributed by atoms with Crippen LogP contribution < -0.4 is 11.0 Å². The van der Waals surface area contributed by atoms with Crippen molar-refractivity contribution in [1.29, 1.82) is 0 Å². The highest BCUT2D eigenvalue weighted by atomic mass is 32.2. The molecule has 1 saturated carbocycles. The Bertz CT molecular complexity index is 631. The van der Waals surface area contributed by atoms with Crippen LogP contribution in [0.4, 0.5) is 0 Å². The van der Waals surface area contributed by atoms with Crippen molar-refractivity contribution >= 4 is 11.8 Å². The van der Waals surface area contributed by atoms with E-state index in [0.29, 0.717) is 11.2 Å². The first-order chi connectivity index (χ1) is 9.24. The Balaban J connectivity index is 1.79. The topological polar surface area (TPSA) is 75.6 Å².